The Morgan fingerprint density at radius 1 is 1.29 bits per heavy atom. The Balaban J connectivity index is 1.65. The van der Waals surface area contributed by atoms with Crippen LogP contribution in [0.15, 0.2) is 24.3 Å². The van der Waals surface area contributed by atoms with E-state index in [1.54, 1.807) is 11.0 Å². The minimum Gasteiger partial charge on any atom is -0.393 e. The molecule has 0 unspecified atom stereocenters. The van der Waals surface area contributed by atoms with Crippen molar-refractivity contribution in [1.29, 1.82) is 0 Å². The number of aliphatic hydroxyl groups is 1. The normalized spacial score (nSPS) is 25.2. The predicted molar refractivity (Wildman–Crippen MR) is 88.1 cm³/mol. The summed E-state index contributed by atoms with van der Waals surface area (Å²) in [6, 6.07) is 6.30. The van der Waals surface area contributed by atoms with Crippen molar-refractivity contribution < 1.29 is 19.0 Å². The highest BCUT2D eigenvalue weighted by molar-refractivity contribution is 5.78. The van der Waals surface area contributed by atoms with Gasteiger partial charge in [0.2, 0.25) is 5.91 Å². The molecule has 0 radical (unpaired) electrons. The number of likely N-dealkylation sites (tertiary alicyclic amines) is 1. The van der Waals surface area contributed by atoms with Gasteiger partial charge in [-0.05, 0) is 43.6 Å². The standard InChI is InChI=1S/C18H25FN2O3/c19-16-5-3-4-15(10-16)11-18(14-22)13-21(8-9-24-18)17(23)12-20-6-1-2-7-20/h3-5,10,22H,1-2,6-9,11-14H2/t18-/m1/s1. The number of ether oxygens (including phenoxy) is 1. The Hall–Kier alpha value is -1.50. The van der Waals surface area contributed by atoms with Crippen molar-refractivity contribution in [3.05, 3.63) is 35.6 Å². The molecule has 1 amide bonds. The molecule has 1 aromatic carbocycles. The summed E-state index contributed by atoms with van der Waals surface area (Å²) < 4.78 is 19.2. The van der Waals surface area contributed by atoms with Gasteiger partial charge in [-0.2, -0.15) is 0 Å². The lowest BCUT2D eigenvalue weighted by Gasteiger charge is -2.42. The van der Waals surface area contributed by atoms with E-state index in [1.807, 2.05) is 6.07 Å². The van der Waals surface area contributed by atoms with E-state index in [9.17, 15) is 14.3 Å². The summed E-state index contributed by atoms with van der Waals surface area (Å²) in [5, 5.41) is 9.89. The fraction of sp³-hybridized carbons (Fsp3) is 0.611. The topological polar surface area (TPSA) is 53.0 Å². The van der Waals surface area contributed by atoms with E-state index in [0.717, 1.165) is 31.5 Å². The first-order valence-corrected chi connectivity index (χ1v) is 8.60. The summed E-state index contributed by atoms with van der Waals surface area (Å²) in [6.07, 6.45) is 2.68. The number of benzene rings is 1. The third-order valence-corrected chi connectivity index (χ3v) is 4.86. The van der Waals surface area contributed by atoms with Gasteiger partial charge < -0.3 is 14.7 Å². The molecule has 0 bridgehead atoms. The lowest BCUT2D eigenvalue weighted by Crippen LogP contribution is -2.58. The molecule has 6 heteroatoms. The van der Waals surface area contributed by atoms with Crippen molar-refractivity contribution >= 4 is 5.91 Å². The first-order chi connectivity index (χ1) is 11.6. The largest absolute Gasteiger partial charge is 0.393 e. The molecule has 5 nitrogen and oxygen atoms in total. The van der Waals surface area contributed by atoms with Gasteiger partial charge >= 0.3 is 0 Å². The molecule has 2 aliphatic heterocycles. The second kappa shape index (κ2) is 7.59. The van der Waals surface area contributed by atoms with Crippen LogP contribution in [0, 0.1) is 5.82 Å². The molecule has 2 heterocycles. The molecule has 0 spiro atoms. The van der Waals surface area contributed by atoms with Gasteiger partial charge in [0.15, 0.2) is 0 Å². The van der Waals surface area contributed by atoms with Gasteiger partial charge in [0.25, 0.3) is 0 Å². The highest BCUT2D eigenvalue weighted by Gasteiger charge is 2.38. The van der Waals surface area contributed by atoms with Crippen molar-refractivity contribution in [1.82, 2.24) is 9.80 Å². The Kier molecular flexibility index (Phi) is 5.48. The lowest BCUT2D eigenvalue weighted by molar-refractivity contribution is -0.158. The van der Waals surface area contributed by atoms with Gasteiger partial charge in [0.1, 0.15) is 11.4 Å². The maximum atomic E-state index is 13.4. The number of aliphatic hydroxyl groups excluding tert-OH is 1. The third-order valence-electron chi connectivity index (χ3n) is 4.86. The molecule has 2 aliphatic rings. The van der Waals surface area contributed by atoms with Crippen LogP contribution in [-0.2, 0) is 16.0 Å². The Morgan fingerprint density at radius 3 is 2.79 bits per heavy atom. The van der Waals surface area contributed by atoms with Crippen molar-refractivity contribution in [3.8, 4) is 0 Å². The van der Waals surface area contributed by atoms with E-state index < -0.39 is 5.60 Å². The molecule has 3 rings (SSSR count). The monoisotopic (exact) mass is 336 g/mol. The zero-order valence-corrected chi connectivity index (χ0v) is 13.9. The fourth-order valence-electron chi connectivity index (χ4n) is 3.57. The molecule has 24 heavy (non-hydrogen) atoms. The second-order valence-electron chi connectivity index (χ2n) is 6.79. The molecule has 0 saturated carbocycles. The van der Waals surface area contributed by atoms with Crippen LogP contribution in [0.4, 0.5) is 4.39 Å². The van der Waals surface area contributed by atoms with Crippen LogP contribution in [0.1, 0.15) is 18.4 Å². The molecule has 1 N–H and O–H groups in total. The van der Waals surface area contributed by atoms with Crippen LogP contribution >= 0.6 is 0 Å². The first kappa shape index (κ1) is 17.3. The van der Waals surface area contributed by atoms with Crippen molar-refractivity contribution in [3.63, 3.8) is 0 Å². The highest BCUT2D eigenvalue weighted by Crippen LogP contribution is 2.24. The average molecular weight is 336 g/mol. The molecular formula is C18H25FN2O3. The van der Waals surface area contributed by atoms with Crippen molar-refractivity contribution in [2.45, 2.75) is 24.9 Å². The van der Waals surface area contributed by atoms with Gasteiger partial charge in [0, 0.05) is 13.0 Å². The van der Waals surface area contributed by atoms with Crippen LogP contribution in [0.2, 0.25) is 0 Å². The lowest BCUT2D eigenvalue weighted by atomic mass is 9.93. The summed E-state index contributed by atoms with van der Waals surface area (Å²) in [4.78, 5) is 16.5. The van der Waals surface area contributed by atoms with E-state index in [4.69, 9.17) is 4.74 Å². The summed E-state index contributed by atoms with van der Waals surface area (Å²) in [5.41, 5.74) is -0.0925. The SMILES string of the molecule is O=C(CN1CCCC1)N1CCO[C@](CO)(Cc2cccc(F)c2)C1. The molecule has 2 fully saturated rings. The number of hydrogen-bond acceptors (Lipinski definition) is 4. The van der Waals surface area contributed by atoms with Crippen molar-refractivity contribution in [2.24, 2.45) is 0 Å². The fourth-order valence-corrected chi connectivity index (χ4v) is 3.57. The number of nitrogens with zero attached hydrogens (tertiary/aromatic N) is 2. The Bertz CT molecular complexity index is 577. The Morgan fingerprint density at radius 2 is 2.08 bits per heavy atom. The highest BCUT2D eigenvalue weighted by atomic mass is 19.1. The number of halogens is 1. The number of hydrogen-bond donors (Lipinski definition) is 1. The van der Waals surface area contributed by atoms with Gasteiger partial charge in [0.05, 0.1) is 26.3 Å². The molecule has 0 aromatic heterocycles. The number of amides is 1. The number of rotatable bonds is 5. The minimum absolute atomic E-state index is 0.0808. The predicted octanol–water partition coefficient (Wildman–Crippen LogP) is 1.05. The molecule has 2 saturated heterocycles. The maximum Gasteiger partial charge on any atom is 0.236 e. The quantitative estimate of drug-likeness (QED) is 0.873. The number of morpholine rings is 1. The summed E-state index contributed by atoms with van der Waals surface area (Å²) in [5.74, 6) is -0.226. The summed E-state index contributed by atoms with van der Waals surface area (Å²) in [6.45, 7) is 3.46. The van der Waals surface area contributed by atoms with Crippen LogP contribution in [0.25, 0.3) is 0 Å². The van der Waals surface area contributed by atoms with Crippen molar-refractivity contribution in [2.75, 3.05) is 45.9 Å². The van der Waals surface area contributed by atoms with E-state index in [-0.39, 0.29) is 18.3 Å². The smallest absolute Gasteiger partial charge is 0.236 e. The Labute approximate surface area is 142 Å². The van der Waals surface area contributed by atoms with Gasteiger partial charge in [-0.15, -0.1) is 0 Å². The summed E-state index contributed by atoms with van der Waals surface area (Å²) in [7, 11) is 0. The average Bonchev–Trinajstić information content (AvgIpc) is 3.08. The van der Waals surface area contributed by atoms with Gasteiger partial charge in [-0.25, -0.2) is 4.39 Å². The molecule has 132 valence electrons. The van der Waals surface area contributed by atoms with Crippen LogP contribution < -0.4 is 0 Å². The minimum atomic E-state index is -0.854. The molecule has 1 aromatic rings. The van der Waals surface area contributed by atoms with Crippen LogP contribution in [-0.4, -0.2) is 72.4 Å². The molecule has 1 atom stereocenters. The van der Waals surface area contributed by atoms with E-state index >= 15 is 0 Å². The van der Waals surface area contributed by atoms with E-state index in [1.165, 1.54) is 12.1 Å². The third kappa shape index (κ3) is 4.12. The van der Waals surface area contributed by atoms with Gasteiger partial charge in [-0.1, -0.05) is 12.1 Å². The zero-order valence-electron chi connectivity index (χ0n) is 13.9. The molecular weight excluding hydrogens is 311 g/mol. The summed E-state index contributed by atoms with van der Waals surface area (Å²) >= 11 is 0. The maximum absolute atomic E-state index is 13.4. The number of carbonyl (C=O) groups excluding carboxylic acids is 1. The number of carbonyl (C=O) groups is 1. The van der Waals surface area contributed by atoms with Crippen LogP contribution in [0.5, 0.6) is 0 Å². The van der Waals surface area contributed by atoms with E-state index in [2.05, 4.69) is 4.90 Å². The van der Waals surface area contributed by atoms with E-state index in [0.29, 0.717) is 32.7 Å². The first-order valence-electron chi connectivity index (χ1n) is 8.60. The second-order valence-corrected chi connectivity index (χ2v) is 6.79. The zero-order chi connectivity index (χ0) is 17.0. The molecule has 0 aliphatic carbocycles. The van der Waals surface area contributed by atoms with Gasteiger partial charge in [-0.3, -0.25) is 9.69 Å². The van der Waals surface area contributed by atoms with Crippen LogP contribution in [0.3, 0.4) is 0 Å².